The Morgan fingerprint density at radius 1 is 0.667 bits per heavy atom. The zero-order valence-electron chi connectivity index (χ0n) is 25.7. The molecule has 2 aromatic carbocycles. The molecule has 232 valence electrons. The molecule has 45 heavy (non-hydrogen) atoms. The second-order valence-corrected chi connectivity index (χ2v) is 13.3. The molecule has 4 aromatic heterocycles. The smallest absolute Gasteiger partial charge is 0.197 e. The fourth-order valence-corrected chi connectivity index (χ4v) is 7.43. The van der Waals surface area contributed by atoms with Crippen LogP contribution < -0.4 is 14.2 Å². The van der Waals surface area contributed by atoms with Gasteiger partial charge in [-0.05, 0) is 52.0 Å². The first-order valence-electron chi connectivity index (χ1n) is 14.1. The highest BCUT2D eigenvalue weighted by Crippen LogP contribution is 2.30. The summed E-state index contributed by atoms with van der Waals surface area (Å²) < 4.78 is 43.5. The maximum Gasteiger partial charge on any atom is 0.197 e. The van der Waals surface area contributed by atoms with E-state index in [-0.39, 0.29) is 11.5 Å². The number of aromatic amines is 2. The molecule has 0 radical (unpaired) electrons. The average Bonchev–Trinajstić information content (AvgIpc) is 3.65. The Labute approximate surface area is 264 Å². The number of nitrogens with zero attached hydrogens (tertiary/aromatic N) is 4. The van der Waals surface area contributed by atoms with Gasteiger partial charge in [0, 0.05) is 46.8 Å². The van der Waals surface area contributed by atoms with Gasteiger partial charge in [-0.3, -0.25) is 18.4 Å². The third kappa shape index (κ3) is 6.05. The highest BCUT2D eigenvalue weighted by molar-refractivity contribution is 7.84. The molecule has 2 N–H and O–H groups in total. The molecule has 0 aliphatic carbocycles. The molecule has 0 bridgehead atoms. The van der Waals surface area contributed by atoms with E-state index in [0.29, 0.717) is 55.3 Å². The molecule has 0 saturated carbocycles. The number of hydrogen-bond donors (Lipinski definition) is 2. The number of aryl methyl sites for hydroxylation is 2. The van der Waals surface area contributed by atoms with E-state index in [1.807, 2.05) is 52.0 Å². The summed E-state index contributed by atoms with van der Waals surface area (Å²) in [5, 5.41) is 0.716. The number of imidazole rings is 2. The lowest BCUT2D eigenvalue weighted by Gasteiger charge is -2.11. The van der Waals surface area contributed by atoms with Crippen molar-refractivity contribution in [1.82, 2.24) is 29.9 Å². The first-order chi connectivity index (χ1) is 21.6. The van der Waals surface area contributed by atoms with E-state index in [1.54, 1.807) is 38.7 Å². The van der Waals surface area contributed by atoms with Crippen molar-refractivity contribution in [2.45, 2.75) is 49.5 Å². The minimum atomic E-state index is -1.45. The van der Waals surface area contributed by atoms with Gasteiger partial charge < -0.3 is 24.2 Å². The Hall–Kier alpha value is -4.62. The maximum absolute atomic E-state index is 13.2. The van der Waals surface area contributed by atoms with E-state index in [2.05, 4.69) is 29.9 Å². The number of H-pyrrole nitrogens is 2. The van der Waals surface area contributed by atoms with Crippen molar-refractivity contribution >= 4 is 43.7 Å². The minimum absolute atomic E-state index is 0.206. The molecule has 6 rings (SSSR count). The third-order valence-corrected chi connectivity index (χ3v) is 9.89. The van der Waals surface area contributed by atoms with Crippen LogP contribution in [0.5, 0.6) is 23.0 Å². The maximum atomic E-state index is 13.2. The number of benzene rings is 2. The molecule has 0 amide bonds. The molecule has 2 atom stereocenters. The molecule has 0 spiro atoms. The quantitative estimate of drug-likeness (QED) is 0.187. The zero-order chi connectivity index (χ0) is 31.8. The van der Waals surface area contributed by atoms with Crippen molar-refractivity contribution < 1.29 is 22.6 Å². The Morgan fingerprint density at radius 2 is 1.09 bits per heavy atom. The van der Waals surface area contributed by atoms with Crippen LogP contribution in [0.3, 0.4) is 0 Å². The highest BCUT2D eigenvalue weighted by atomic mass is 32.2. The summed E-state index contributed by atoms with van der Waals surface area (Å²) in [4.78, 5) is 24.3. The van der Waals surface area contributed by atoms with Gasteiger partial charge in [-0.25, -0.2) is 9.97 Å². The normalized spacial score (nSPS) is 12.8. The summed E-state index contributed by atoms with van der Waals surface area (Å²) in [5.74, 6) is 3.05. The highest BCUT2D eigenvalue weighted by Gasteiger charge is 2.18. The molecular formula is C32H32N6O5S2. The third-order valence-electron chi connectivity index (χ3n) is 7.57. The minimum Gasteiger partial charge on any atom is -0.496 e. The van der Waals surface area contributed by atoms with Crippen molar-refractivity contribution in [2.75, 3.05) is 14.2 Å². The SMILES string of the molecule is COc1c(C)cnc(CS(=O)c2nc3ccc(Oc4ccc5nc(S(=O)Cc6ncc(C)c(OC)c6C)[nH]c5c4)cc3[nH]2)c1C. The van der Waals surface area contributed by atoms with E-state index in [0.717, 1.165) is 33.8 Å². The summed E-state index contributed by atoms with van der Waals surface area (Å²) in [7, 11) is 0.343. The summed E-state index contributed by atoms with van der Waals surface area (Å²) in [6.07, 6.45) is 3.45. The van der Waals surface area contributed by atoms with Crippen LogP contribution in [-0.4, -0.2) is 52.5 Å². The Morgan fingerprint density at radius 3 is 1.49 bits per heavy atom. The Kier molecular flexibility index (Phi) is 8.38. The van der Waals surface area contributed by atoms with Crippen molar-refractivity contribution in [3.8, 4) is 23.0 Å². The van der Waals surface area contributed by atoms with E-state index in [4.69, 9.17) is 14.2 Å². The number of hydrogen-bond acceptors (Lipinski definition) is 9. The predicted octanol–water partition coefficient (Wildman–Crippen LogP) is 5.89. The van der Waals surface area contributed by atoms with Crippen LogP contribution in [0.1, 0.15) is 33.6 Å². The van der Waals surface area contributed by atoms with Crippen LogP contribution in [0.2, 0.25) is 0 Å². The lowest BCUT2D eigenvalue weighted by Crippen LogP contribution is -2.05. The van der Waals surface area contributed by atoms with E-state index in [1.165, 1.54) is 0 Å². The van der Waals surface area contributed by atoms with Gasteiger partial charge in [0.15, 0.2) is 10.3 Å². The van der Waals surface area contributed by atoms with Crippen LogP contribution in [-0.2, 0) is 33.1 Å². The van der Waals surface area contributed by atoms with Crippen LogP contribution in [0.15, 0.2) is 59.1 Å². The fourth-order valence-electron chi connectivity index (χ4n) is 5.23. The molecule has 6 aromatic rings. The molecule has 0 aliphatic heterocycles. The van der Waals surface area contributed by atoms with E-state index in [9.17, 15) is 8.42 Å². The average molecular weight is 645 g/mol. The van der Waals surface area contributed by atoms with Gasteiger partial charge in [-0.2, -0.15) is 0 Å². The van der Waals surface area contributed by atoms with Gasteiger partial charge in [-0.15, -0.1) is 0 Å². The molecule has 2 unspecified atom stereocenters. The number of methoxy groups -OCH3 is 2. The Balaban J connectivity index is 1.17. The van der Waals surface area contributed by atoms with Crippen LogP contribution >= 0.6 is 0 Å². The van der Waals surface area contributed by atoms with Gasteiger partial charge in [0.2, 0.25) is 0 Å². The van der Waals surface area contributed by atoms with Crippen molar-refractivity contribution in [3.05, 3.63) is 82.4 Å². The fraction of sp³-hybridized carbons (Fsp3) is 0.250. The van der Waals surface area contributed by atoms with E-state index < -0.39 is 21.6 Å². The van der Waals surface area contributed by atoms with Gasteiger partial charge >= 0.3 is 0 Å². The molecule has 11 nitrogen and oxygen atoms in total. The summed E-state index contributed by atoms with van der Waals surface area (Å²) in [6, 6.07) is 10.8. The molecule has 0 aliphatic rings. The topological polar surface area (TPSA) is 145 Å². The van der Waals surface area contributed by atoms with Gasteiger partial charge in [-0.1, -0.05) is 0 Å². The second-order valence-electron chi connectivity index (χ2n) is 10.6. The number of nitrogens with one attached hydrogen (secondary N) is 2. The first kappa shape index (κ1) is 30.4. The number of ether oxygens (including phenoxy) is 3. The van der Waals surface area contributed by atoms with Crippen molar-refractivity contribution in [3.63, 3.8) is 0 Å². The summed E-state index contributed by atoms with van der Waals surface area (Å²) in [5.41, 5.74) is 7.71. The monoisotopic (exact) mass is 644 g/mol. The van der Waals surface area contributed by atoms with Gasteiger partial charge in [0.05, 0.1) is 80.8 Å². The predicted molar refractivity (Wildman–Crippen MR) is 173 cm³/mol. The summed E-state index contributed by atoms with van der Waals surface area (Å²) in [6.45, 7) is 7.68. The molecule has 0 fully saturated rings. The molecule has 0 saturated heterocycles. The first-order valence-corrected chi connectivity index (χ1v) is 16.7. The standard InChI is InChI=1S/C32H32N6O5S2/c1-17-13-33-27(19(3)29(17)41-5)15-44(39)31-35-23-9-7-21(11-25(23)37-31)43-22-8-10-24-26(12-22)38-32(36-24)45(40)16-28-20(4)30(42-6)18(2)14-34-28/h7-14H,15-16H2,1-6H3,(H,35,37)(H,36,38). The van der Waals surface area contributed by atoms with Crippen LogP contribution in [0, 0.1) is 27.7 Å². The Bertz CT molecular complexity index is 1970. The van der Waals surface area contributed by atoms with Crippen molar-refractivity contribution in [1.29, 1.82) is 0 Å². The van der Waals surface area contributed by atoms with Crippen molar-refractivity contribution in [2.24, 2.45) is 0 Å². The number of aromatic nitrogens is 6. The number of rotatable bonds is 10. The second kappa shape index (κ2) is 12.4. The van der Waals surface area contributed by atoms with Gasteiger partial charge in [0.1, 0.15) is 23.0 Å². The molecule has 4 heterocycles. The number of pyridine rings is 2. The zero-order valence-corrected chi connectivity index (χ0v) is 27.3. The lowest BCUT2D eigenvalue weighted by atomic mass is 10.1. The lowest BCUT2D eigenvalue weighted by molar-refractivity contribution is 0.407. The van der Waals surface area contributed by atoms with Gasteiger partial charge in [0.25, 0.3) is 0 Å². The number of fused-ring (bicyclic) bond motifs is 2. The van der Waals surface area contributed by atoms with Crippen LogP contribution in [0.25, 0.3) is 22.1 Å². The molecule has 13 heteroatoms. The van der Waals surface area contributed by atoms with Crippen LogP contribution in [0.4, 0.5) is 0 Å². The molecular weight excluding hydrogens is 613 g/mol. The largest absolute Gasteiger partial charge is 0.496 e. The summed E-state index contributed by atoms with van der Waals surface area (Å²) >= 11 is 0. The van der Waals surface area contributed by atoms with E-state index >= 15 is 0 Å².